The summed E-state index contributed by atoms with van der Waals surface area (Å²) in [5.41, 5.74) is 0. The molecule has 0 aromatic rings. The van der Waals surface area contributed by atoms with Gasteiger partial charge in [0.1, 0.15) is 12.7 Å². The average molecular weight is 389 g/mol. The lowest BCUT2D eigenvalue weighted by Crippen LogP contribution is -2.71. The number of fused-ring (bicyclic) bond motifs is 1. The Labute approximate surface area is 154 Å². The Morgan fingerprint density at radius 2 is 1.81 bits per heavy atom. The van der Waals surface area contributed by atoms with E-state index in [1.807, 2.05) is 13.8 Å². The molecule has 0 aromatic carbocycles. The summed E-state index contributed by atoms with van der Waals surface area (Å²) in [6.45, 7) is 5.01. The van der Waals surface area contributed by atoms with E-state index in [9.17, 15) is 18.0 Å². The van der Waals surface area contributed by atoms with Crippen molar-refractivity contribution in [2.45, 2.75) is 51.4 Å². The van der Waals surface area contributed by atoms with Crippen molar-refractivity contribution in [3.8, 4) is 0 Å². The summed E-state index contributed by atoms with van der Waals surface area (Å²) in [6, 6.07) is 0.00306. The van der Waals surface area contributed by atoms with Crippen LogP contribution in [0.25, 0.3) is 0 Å². The van der Waals surface area contributed by atoms with Crippen molar-refractivity contribution in [3.05, 3.63) is 0 Å². The van der Waals surface area contributed by atoms with Gasteiger partial charge in [-0.15, -0.1) is 0 Å². The second-order valence-electron chi connectivity index (χ2n) is 7.58. The molecule has 0 bridgehead atoms. The zero-order valence-corrected chi connectivity index (χ0v) is 16.3. The van der Waals surface area contributed by atoms with Crippen LogP contribution in [0.1, 0.15) is 33.1 Å². The van der Waals surface area contributed by atoms with Crippen LogP contribution in [0.4, 0.5) is 0 Å². The molecule has 1 unspecified atom stereocenters. The third kappa shape index (κ3) is 3.88. The van der Waals surface area contributed by atoms with E-state index in [0.717, 1.165) is 10.7 Å². The number of piperazine rings is 1. The maximum absolute atomic E-state index is 12.8. The van der Waals surface area contributed by atoms with Gasteiger partial charge in [0.25, 0.3) is 5.91 Å². The van der Waals surface area contributed by atoms with Crippen molar-refractivity contribution in [2.24, 2.45) is 5.92 Å². The lowest BCUT2D eigenvalue weighted by molar-refractivity contribution is -0.241. The van der Waals surface area contributed by atoms with E-state index >= 15 is 0 Å². The van der Waals surface area contributed by atoms with E-state index in [1.54, 1.807) is 4.90 Å². The van der Waals surface area contributed by atoms with Crippen molar-refractivity contribution in [2.75, 3.05) is 32.6 Å². The van der Waals surface area contributed by atoms with Crippen LogP contribution in [0, 0.1) is 5.92 Å². The predicted molar refractivity (Wildman–Crippen MR) is 92.1 cm³/mol. The highest BCUT2D eigenvalue weighted by atomic mass is 32.2. The summed E-state index contributed by atoms with van der Waals surface area (Å²) >= 11 is 0. The molecule has 3 aliphatic rings. The standard InChI is InChI=1S/C16H27N3O6S/c1-11(2)8-13-16(21)18-10-15(20)17(12-4-6-24-7-5-12)9-14(18)19(25-13)26(3,22)23/h11-14H,4-10H2,1-3H3/t13-,14?/m1/s1. The Hall–Kier alpha value is -1.23. The summed E-state index contributed by atoms with van der Waals surface area (Å²) < 4.78 is 30.8. The van der Waals surface area contributed by atoms with Crippen molar-refractivity contribution < 1.29 is 27.6 Å². The largest absolute Gasteiger partial charge is 0.381 e. The number of nitrogens with zero attached hydrogens (tertiary/aromatic N) is 3. The van der Waals surface area contributed by atoms with Crippen LogP contribution in [0.2, 0.25) is 0 Å². The topological polar surface area (TPSA) is 96.5 Å². The molecule has 10 heteroatoms. The molecule has 0 saturated carbocycles. The van der Waals surface area contributed by atoms with Gasteiger partial charge in [-0.1, -0.05) is 18.3 Å². The number of sulfonamides is 1. The molecule has 3 fully saturated rings. The molecule has 26 heavy (non-hydrogen) atoms. The highest BCUT2D eigenvalue weighted by Crippen LogP contribution is 2.30. The highest BCUT2D eigenvalue weighted by molar-refractivity contribution is 7.88. The monoisotopic (exact) mass is 389 g/mol. The summed E-state index contributed by atoms with van der Waals surface area (Å²) in [5.74, 6) is -0.315. The SMILES string of the molecule is CC(C)C[C@H]1ON(S(C)(=O)=O)C2CN(C3CCOCC3)C(=O)CN2C1=O. The van der Waals surface area contributed by atoms with Crippen molar-refractivity contribution in [1.82, 2.24) is 14.3 Å². The normalized spacial score (nSPS) is 29.4. The number of hydrogen-bond donors (Lipinski definition) is 0. The summed E-state index contributed by atoms with van der Waals surface area (Å²) in [5, 5.41) is 0. The molecule has 0 aromatic heterocycles. The number of rotatable bonds is 4. The number of ether oxygens (including phenoxy) is 1. The number of hydrogen-bond acceptors (Lipinski definition) is 6. The van der Waals surface area contributed by atoms with E-state index in [-0.39, 0.29) is 36.9 Å². The van der Waals surface area contributed by atoms with Crippen LogP contribution in [0.3, 0.4) is 0 Å². The third-order valence-electron chi connectivity index (χ3n) is 5.02. The van der Waals surface area contributed by atoms with Crippen molar-refractivity contribution in [1.29, 1.82) is 0 Å². The quantitative estimate of drug-likeness (QED) is 0.660. The molecule has 0 N–H and O–H groups in total. The molecule has 2 amide bonds. The molecule has 0 aliphatic carbocycles. The molecule has 3 aliphatic heterocycles. The Kier molecular flexibility index (Phi) is 5.57. The number of carbonyl (C=O) groups excluding carboxylic acids is 2. The van der Waals surface area contributed by atoms with E-state index in [1.165, 1.54) is 4.90 Å². The molecule has 9 nitrogen and oxygen atoms in total. The van der Waals surface area contributed by atoms with Gasteiger partial charge >= 0.3 is 0 Å². The van der Waals surface area contributed by atoms with E-state index in [0.29, 0.717) is 32.5 Å². The van der Waals surface area contributed by atoms with Crippen molar-refractivity contribution in [3.63, 3.8) is 0 Å². The molecule has 0 spiro atoms. The van der Waals surface area contributed by atoms with Gasteiger partial charge in [-0.3, -0.25) is 14.4 Å². The van der Waals surface area contributed by atoms with Crippen LogP contribution in [0.5, 0.6) is 0 Å². The van der Waals surface area contributed by atoms with Gasteiger partial charge < -0.3 is 14.5 Å². The first-order chi connectivity index (χ1) is 12.2. The Morgan fingerprint density at radius 1 is 1.15 bits per heavy atom. The van der Waals surface area contributed by atoms with Crippen LogP contribution in [0.15, 0.2) is 0 Å². The Bertz CT molecular complexity index is 661. The van der Waals surface area contributed by atoms with Crippen LogP contribution in [-0.4, -0.2) is 85.4 Å². The second kappa shape index (κ2) is 7.41. The van der Waals surface area contributed by atoms with E-state index in [4.69, 9.17) is 9.57 Å². The minimum atomic E-state index is -3.71. The van der Waals surface area contributed by atoms with Gasteiger partial charge in [0, 0.05) is 19.3 Å². The minimum Gasteiger partial charge on any atom is -0.381 e. The molecule has 3 heterocycles. The van der Waals surface area contributed by atoms with E-state index < -0.39 is 22.3 Å². The summed E-state index contributed by atoms with van der Waals surface area (Å²) in [6.07, 6.45) is 1.17. The number of hydroxylamine groups is 1. The third-order valence-corrected chi connectivity index (χ3v) is 6.01. The molecule has 3 rings (SSSR count). The maximum atomic E-state index is 12.8. The predicted octanol–water partition coefficient (Wildman–Crippen LogP) is -0.216. The molecular formula is C16H27N3O6S. The minimum absolute atomic E-state index is 0.00306. The lowest BCUT2D eigenvalue weighted by Gasteiger charge is -2.50. The van der Waals surface area contributed by atoms with Gasteiger partial charge in [0.15, 0.2) is 6.10 Å². The molecule has 2 atom stereocenters. The summed E-state index contributed by atoms with van der Waals surface area (Å²) in [7, 11) is -3.71. The molecule has 0 radical (unpaired) electrons. The number of carbonyl (C=O) groups is 2. The fraction of sp³-hybridized carbons (Fsp3) is 0.875. The maximum Gasteiger partial charge on any atom is 0.255 e. The first kappa shape index (κ1) is 19.5. The second-order valence-corrected chi connectivity index (χ2v) is 9.40. The van der Waals surface area contributed by atoms with Crippen molar-refractivity contribution >= 4 is 21.8 Å². The Balaban J connectivity index is 1.86. The van der Waals surface area contributed by atoms with Gasteiger partial charge in [-0.05, 0) is 25.2 Å². The van der Waals surface area contributed by atoms with Gasteiger partial charge in [0.2, 0.25) is 15.9 Å². The Morgan fingerprint density at radius 3 is 2.38 bits per heavy atom. The first-order valence-corrected chi connectivity index (χ1v) is 10.9. The average Bonchev–Trinajstić information content (AvgIpc) is 2.56. The van der Waals surface area contributed by atoms with Crippen LogP contribution < -0.4 is 0 Å². The molecule has 148 valence electrons. The fourth-order valence-corrected chi connectivity index (χ4v) is 4.65. The van der Waals surface area contributed by atoms with Gasteiger partial charge in [-0.25, -0.2) is 8.42 Å². The highest BCUT2D eigenvalue weighted by Gasteiger charge is 2.50. The number of amides is 2. The molecular weight excluding hydrogens is 362 g/mol. The smallest absolute Gasteiger partial charge is 0.255 e. The summed E-state index contributed by atoms with van der Waals surface area (Å²) in [4.78, 5) is 34.1. The molecule has 3 saturated heterocycles. The van der Waals surface area contributed by atoms with E-state index in [2.05, 4.69) is 0 Å². The lowest BCUT2D eigenvalue weighted by atomic mass is 10.0. The zero-order valence-electron chi connectivity index (χ0n) is 15.5. The van der Waals surface area contributed by atoms with Gasteiger partial charge in [0.05, 0.1) is 12.8 Å². The van der Waals surface area contributed by atoms with Crippen LogP contribution >= 0.6 is 0 Å². The zero-order chi connectivity index (χ0) is 19.1. The first-order valence-electron chi connectivity index (χ1n) is 9.02. The fourth-order valence-electron chi connectivity index (χ4n) is 3.77. The van der Waals surface area contributed by atoms with Gasteiger partial charge in [-0.2, -0.15) is 0 Å². The van der Waals surface area contributed by atoms with Crippen LogP contribution in [-0.2, 0) is 29.2 Å².